The second-order valence-electron chi connectivity index (χ2n) is 4.63. The van der Waals surface area contributed by atoms with Crippen molar-refractivity contribution in [3.05, 3.63) is 11.9 Å². The molecule has 1 aliphatic rings. The number of nitrogens with zero attached hydrogens (tertiary/aromatic N) is 3. The van der Waals surface area contributed by atoms with Crippen LogP contribution in [0.3, 0.4) is 0 Å². The Morgan fingerprint density at radius 1 is 1.53 bits per heavy atom. The average Bonchev–Trinajstić information content (AvgIpc) is 2.85. The van der Waals surface area contributed by atoms with Crippen LogP contribution in [0.2, 0.25) is 0 Å². The molecule has 0 radical (unpaired) electrons. The van der Waals surface area contributed by atoms with Gasteiger partial charge in [-0.05, 0) is 24.8 Å². The summed E-state index contributed by atoms with van der Waals surface area (Å²) < 4.78 is 1.76. The van der Waals surface area contributed by atoms with Crippen LogP contribution in [0.4, 0.5) is 0 Å². The fraction of sp³-hybridized carbons (Fsp3) is 0.818. The fourth-order valence-corrected chi connectivity index (χ4v) is 2.63. The van der Waals surface area contributed by atoms with Crippen molar-refractivity contribution in [2.24, 2.45) is 24.6 Å². The minimum absolute atomic E-state index is 0.601. The summed E-state index contributed by atoms with van der Waals surface area (Å²) in [4.78, 5) is 0. The summed E-state index contributed by atoms with van der Waals surface area (Å²) in [5, 5.41) is 8.09. The molecule has 2 rings (SSSR count). The molecule has 0 bridgehead atoms. The van der Waals surface area contributed by atoms with E-state index in [-0.39, 0.29) is 0 Å². The summed E-state index contributed by atoms with van der Waals surface area (Å²) in [5.41, 5.74) is 6.94. The molecule has 1 atom stereocenters. The van der Waals surface area contributed by atoms with Gasteiger partial charge >= 0.3 is 0 Å². The third-order valence-electron chi connectivity index (χ3n) is 3.49. The van der Waals surface area contributed by atoms with Gasteiger partial charge in [-0.25, -0.2) is 0 Å². The summed E-state index contributed by atoms with van der Waals surface area (Å²) in [5.74, 6) is 1.42. The average molecular weight is 208 g/mol. The van der Waals surface area contributed by atoms with Gasteiger partial charge < -0.3 is 5.73 Å². The Morgan fingerprint density at radius 3 is 2.80 bits per heavy atom. The molecule has 15 heavy (non-hydrogen) atoms. The van der Waals surface area contributed by atoms with E-state index in [1.165, 1.54) is 25.7 Å². The molecular formula is C11H20N4. The second kappa shape index (κ2) is 4.75. The van der Waals surface area contributed by atoms with E-state index in [1.807, 2.05) is 13.2 Å². The number of rotatable bonds is 4. The van der Waals surface area contributed by atoms with Gasteiger partial charge in [-0.3, -0.25) is 4.68 Å². The van der Waals surface area contributed by atoms with E-state index < -0.39 is 0 Å². The van der Waals surface area contributed by atoms with Gasteiger partial charge in [0.05, 0.1) is 5.69 Å². The Hall–Kier alpha value is -0.900. The van der Waals surface area contributed by atoms with Crippen LogP contribution in [-0.2, 0) is 13.5 Å². The fourth-order valence-electron chi connectivity index (χ4n) is 2.63. The number of hydrogen-bond donors (Lipinski definition) is 1. The molecule has 2 N–H and O–H groups in total. The highest BCUT2D eigenvalue weighted by Crippen LogP contribution is 2.32. The molecule has 1 fully saturated rings. The molecule has 1 unspecified atom stereocenters. The molecule has 1 aromatic heterocycles. The minimum atomic E-state index is 0.601. The maximum atomic E-state index is 5.85. The van der Waals surface area contributed by atoms with Crippen LogP contribution in [0.15, 0.2) is 6.20 Å². The van der Waals surface area contributed by atoms with E-state index in [4.69, 9.17) is 5.73 Å². The van der Waals surface area contributed by atoms with Crippen molar-refractivity contribution < 1.29 is 0 Å². The van der Waals surface area contributed by atoms with Crippen molar-refractivity contribution in [3.8, 4) is 0 Å². The highest BCUT2D eigenvalue weighted by atomic mass is 15.4. The number of aryl methyl sites for hydroxylation is 1. The van der Waals surface area contributed by atoms with Gasteiger partial charge in [0, 0.05) is 13.2 Å². The summed E-state index contributed by atoms with van der Waals surface area (Å²) in [6.07, 6.45) is 8.44. The highest BCUT2D eigenvalue weighted by Gasteiger charge is 2.24. The topological polar surface area (TPSA) is 56.7 Å². The van der Waals surface area contributed by atoms with E-state index in [2.05, 4.69) is 10.3 Å². The Balaban J connectivity index is 1.95. The van der Waals surface area contributed by atoms with Crippen molar-refractivity contribution in [2.75, 3.05) is 6.54 Å². The van der Waals surface area contributed by atoms with Gasteiger partial charge in [0.1, 0.15) is 0 Å². The molecule has 0 aromatic carbocycles. The minimum Gasteiger partial charge on any atom is -0.330 e. The molecule has 1 aliphatic carbocycles. The third-order valence-corrected chi connectivity index (χ3v) is 3.49. The first-order valence-corrected chi connectivity index (χ1v) is 5.85. The van der Waals surface area contributed by atoms with E-state index in [0.717, 1.165) is 24.6 Å². The van der Waals surface area contributed by atoms with Crippen LogP contribution in [0, 0.1) is 11.8 Å². The van der Waals surface area contributed by atoms with Crippen molar-refractivity contribution in [2.45, 2.75) is 32.1 Å². The zero-order chi connectivity index (χ0) is 10.7. The van der Waals surface area contributed by atoms with E-state index >= 15 is 0 Å². The molecule has 1 heterocycles. The van der Waals surface area contributed by atoms with Gasteiger partial charge in [0.2, 0.25) is 0 Å². The second-order valence-corrected chi connectivity index (χ2v) is 4.63. The van der Waals surface area contributed by atoms with Crippen LogP contribution in [0.5, 0.6) is 0 Å². The van der Waals surface area contributed by atoms with Gasteiger partial charge in [-0.15, -0.1) is 5.10 Å². The molecule has 0 spiro atoms. The lowest BCUT2D eigenvalue weighted by Crippen LogP contribution is -2.24. The maximum Gasteiger partial charge on any atom is 0.0830 e. The zero-order valence-corrected chi connectivity index (χ0v) is 9.39. The summed E-state index contributed by atoms with van der Waals surface area (Å²) in [7, 11) is 1.91. The van der Waals surface area contributed by atoms with Crippen LogP contribution < -0.4 is 5.73 Å². The predicted molar refractivity (Wildman–Crippen MR) is 59.2 cm³/mol. The van der Waals surface area contributed by atoms with Crippen LogP contribution in [0.1, 0.15) is 31.4 Å². The Kier molecular flexibility index (Phi) is 3.36. The molecule has 84 valence electrons. The Morgan fingerprint density at radius 2 is 2.27 bits per heavy atom. The predicted octanol–water partition coefficient (Wildman–Crippen LogP) is 1.12. The van der Waals surface area contributed by atoms with Gasteiger partial charge in [-0.2, -0.15) is 0 Å². The van der Waals surface area contributed by atoms with Gasteiger partial charge in [-0.1, -0.05) is 30.9 Å². The first-order valence-electron chi connectivity index (χ1n) is 5.85. The maximum absolute atomic E-state index is 5.85. The first-order chi connectivity index (χ1) is 7.29. The SMILES string of the molecule is Cn1cc(CC(CN)C2CCCC2)nn1. The lowest BCUT2D eigenvalue weighted by Gasteiger charge is -2.20. The van der Waals surface area contributed by atoms with Crippen molar-refractivity contribution in [1.29, 1.82) is 0 Å². The first kappa shape index (κ1) is 10.6. The molecule has 0 amide bonds. The summed E-state index contributed by atoms with van der Waals surface area (Å²) in [6, 6.07) is 0. The van der Waals surface area contributed by atoms with Gasteiger partial charge in [0.25, 0.3) is 0 Å². The molecule has 4 heteroatoms. The number of nitrogens with two attached hydrogens (primary N) is 1. The molecule has 1 aromatic rings. The number of aromatic nitrogens is 3. The molecule has 0 saturated heterocycles. The van der Waals surface area contributed by atoms with E-state index in [1.54, 1.807) is 4.68 Å². The zero-order valence-electron chi connectivity index (χ0n) is 9.39. The third kappa shape index (κ3) is 2.56. The Bertz CT molecular complexity index is 301. The largest absolute Gasteiger partial charge is 0.330 e. The lowest BCUT2D eigenvalue weighted by molar-refractivity contribution is 0.342. The smallest absolute Gasteiger partial charge is 0.0830 e. The van der Waals surface area contributed by atoms with Crippen molar-refractivity contribution in [3.63, 3.8) is 0 Å². The molecular weight excluding hydrogens is 188 g/mol. The van der Waals surface area contributed by atoms with Crippen molar-refractivity contribution >= 4 is 0 Å². The lowest BCUT2D eigenvalue weighted by atomic mass is 9.87. The highest BCUT2D eigenvalue weighted by molar-refractivity contribution is 4.95. The van der Waals surface area contributed by atoms with E-state index in [9.17, 15) is 0 Å². The van der Waals surface area contributed by atoms with Gasteiger partial charge in [0.15, 0.2) is 0 Å². The molecule has 0 aliphatic heterocycles. The number of hydrogen-bond acceptors (Lipinski definition) is 3. The molecule has 1 saturated carbocycles. The quantitative estimate of drug-likeness (QED) is 0.806. The monoisotopic (exact) mass is 208 g/mol. The molecule has 4 nitrogen and oxygen atoms in total. The summed E-state index contributed by atoms with van der Waals surface area (Å²) in [6.45, 7) is 0.779. The Labute approximate surface area is 90.8 Å². The normalized spacial score (nSPS) is 19.6. The van der Waals surface area contributed by atoms with Crippen LogP contribution in [0.25, 0.3) is 0 Å². The van der Waals surface area contributed by atoms with Crippen LogP contribution >= 0.6 is 0 Å². The summed E-state index contributed by atoms with van der Waals surface area (Å²) >= 11 is 0. The van der Waals surface area contributed by atoms with Crippen molar-refractivity contribution in [1.82, 2.24) is 15.0 Å². The van der Waals surface area contributed by atoms with Crippen LogP contribution in [-0.4, -0.2) is 21.5 Å². The van der Waals surface area contributed by atoms with E-state index in [0.29, 0.717) is 5.92 Å². The standard InChI is InChI=1S/C11H20N4/c1-15-8-11(13-14-15)6-10(7-12)9-4-2-3-5-9/h8-10H,2-7,12H2,1H3.